The third-order valence-corrected chi connectivity index (χ3v) is 6.68. The van der Waals surface area contributed by atoms with Crippen molar-refractivity contribution in [2.24, 2.45) is 0 Å². The molecule has 33 heavy (non-hydrogen) atoms. The summed E-state index contributed by atoms with van der Waals surface area (Å²) in [5, 5.41) is 13.8. The molecule has 0 aliphatic heterocycles. The van der Waals surface area contributed by atoms with Gasteiger partial charge in [-0.15, -0.1) is 0 Å². The molecule has 1 amide bonds. The van der Waals surface area contributed by atoms with Gasteiger partial charge in [0.15, 0.2) is 5.75 Å². The van der Waals surface area contributed by atoms with Gasteiger partial charge in [0.05, 0.1) is 25.3 Å². The molecule has 12 heteroatoms. The number of ether oxygens (including phenoxy) is 2. The summed E-state index contributed by atoms with van der Waals surface area (Å²) < 4.78 is 31.8. The molecular formula is C21H25N2O9P. The fraction of sp³-hybridized carbons (Fsp3) is 0.333. The normalized spacial score (nSPS) is 12.0. The maximum absolute atomic E-state index is 12.7. The van der Waals surface area contributed by atoms with Crippen LogP contribution in [0.3, 0.4) is 0 Å². The number of methoxy groups -OCH3 is 2. The lowest BCUT2D eigenvalue weighted by Crippen LogP contribution is -2.43. The number of nitrogens with one attached hydrogen (secondary N) is 1. The Morgan fingerprint density at radius 2 is 1.64 bits per heavy atom. The predicted octanol–water partition coefficient (Wildman–Crippen LogP) is 3.10. The van der Waals surface area contributed by atoms with Crippen molar-refractivity contribution in [1.29, 1.82) is 0 Å². The molecule has 1 N–H and O–H groups in total. The van der Waals surface area contributed by atoms with Gasteiger partial charge in [0.1, 0.15) is 6.04 Å². The first-order valence-electron chi connectivity index (χ1n) is 9.65. The summed E-state index contributed by atoms with van der Waals surface area (Å²) in [6.45, 7) is 0. The van der Waals surface area contributed by atoms with E-state index < -0.39 is 30.4 Å². The van der Waals surface area contributed by atoms with Crippen LogP contribution in [0.2, 0.25) is 0 Å². The lowest BCUT2D eigenvalue weighted by atomic mass is 10.0. The Bertz CT molecular complexity index is 1050. The average Bonchev–Trinajstić information content (AvgIpc) is 2.83. The maximum atomic E-state index is 12.7. The molecule has 0 aliphatic rings. The van der Waals surface area contributed by atoms with Gasteiger partial charge in [0.25, 0.3) is 5.91 Å². The molecule has 0 bridgehead atoms. The molecule has 0 aromatic heterocycles. The van der Waals surface area contributed by atoms with Crippen molar-refractivity contribution >= 4 is 25.2 Å². The number of esters is 1. The second-order valence-electron chi connectivity index (χ2n) is 6.85. The fourth-order valence-corrected chi connectivity index (χ4v) is 4.07. The van der Waals surface area contributed by atoms with Crippen LogP contribution in [0.25, 0.3) is 0 Å². The molecule has 0 saturated carbocycles. The lowest BCUT2D eigenvalue weighted by Gasteiger charge is -2.17. The molecule has 1 atom stereocenters. The monoisotopic (exact) mass is 480 g/mol. The third-order valence-electron chi connectivity index (χ3n) is 4.82. The van der Waals surface area contributed by atoms with E-state index in [0.717, 1.165) is 0 Å². The summed E-state index contributed by atoms with van der Waals surface area (Å²) in [5.74, 6) is -1.19. The number of rotatable bonds is 11. The van der Waals surface area contributed by atoms with Crippen molar-refractivity contribution in [2.75, 3.05) is 28.4 Å². The van der Waals surface area contributed by atoms with Gasteiger partial charge in [-0.25, -0.2) is 4.79 Å². The maximum Gasteiger partial charge on any atom is 0.334 e. The van der Waals surface area contributed by atoms with Gasteiger partial charge in [-0.3, -0.25) is 19.5 Å². The molecule has 0 radical (unpaired) electrons. The van der Waals surface area contributed by atoms with E-state index in [1.807, 2.05) is 0 Å². The van der Waals surface area contributed by atoms with E-state index in [1.54, 1.807) is 18.2 Å². The van der Waals surface area contributed by atoms with E-state index in [4.69, 9.17) is 18.5 Å². The number of nitrogens with zero attached hydrogens (tertiary/aromatic N) is 1. The molecule has 178 valence electrons. The van der Waals surface area contributed by atoms with E-state index in [0.29, 0.717) is 11.1 Å². The molecule has 0 fully saturated rings. The minimum atomic E-state index is -3.26. The summed E-state index contributed by atoms with van der Waals surface area (Å²) in [6.07, 6.45) is -0.00484. The van der Waals surface area contributed by atoms with Crippen LogP contribution in [-0.2, 0) is 35.7 Å². The van der Waals surface area contributed by atoms with Gasteiger partial charge in [-0.05, 0) is 29.3 Å². The Morgan fingerprint density at radius 1 is 1.03 bits per heavy atom. The highest BCUT2D eigenvalue weighted by atomic mass is 31.2. The van der Waals surface area contributed by atoms with Crippen molar-refractivity contribution in [2.45, 2.75) is 18.6 Å². The van der Waals surface area contributed by atoms with Gasteiger partial charge in [0, 0.05) is 32.3 Å². The zero-order chi connectivity index (χ0) is 24.6. The second-order valence-corrected chi connectivity index (χ2v) is 9.12. The predicted molar refractivity (Wildman–Crippen MR) is 118 cm³/mol. The van der Waals surface area contributed by atoms with Crippen molar-refractivity contribution in [3.63, 3.8) is 0 Å². The van der Waals surface area contributed by atoms with E-state index in [-0.39, 0.29) is 29.6 Å². The highest BCUT2D eigenvalue weighted by Gasteiger charge is 2.25. The first-order valence-corrected chi connectivity index (χ1v) is 11.4. The Kier molecular flexibility index (Phi) is 9.10. The fourth-order valence-electron chi connectivity index (χ4n) is 3.01. The second kappa shape index (κ2) is 11.6. The Morgan fingerprint density at radius 3 is 2.15 bits per heavy atom. The Balaban J connectivity index is 2.18. The smallest absolute Gasteiger partial charge is 0.334 e. The van der Waals surface area contributed by atoms with E-state index >= 15 is 0 Å². The number of carbonyl (C=O) groups is 2. The van der Waals surface area contributed by atoms with Gasteiger partial charge in [-0.2, -0.15) is 0 Å². The van der Waals surface area contributed by atoms with Crippen LogP contribution >= 0.6 is 7.60 Å². The molecule has 2 rings (SSSR count). The number of hydrogen-bond donors (Lipinski definition) is 1. The van der Waals surface area contributed by atoms with Crippen molar-refractivity contribution < 1.29 is 37.6 Å². The lowest BCUT2D eigenvalue weighted by molar-refractivity contribution is -0.385. The van der Waals surface area contributed by atoms with Crippen molar-refractivity contribution in [3.8, 4) is 5.75 Å². The first-order chi connectivity index (χ1) is 15.7. The quantitative estimate of drug-likeness (QED) is 0.222. The first kappa shape index (κ1) is 26.0. The largest absolute Gasteiger partial charge is 0.490 e. The minimum Gasteiger partial charge on any atom is -0.490 e. The van der Waals surface area contributed by atoms with Crippen molar-refractivity contribution in [3.05, 3.63) is 69.3 Å². The number of benzene rings is 2. The van der Waals surface area contributed by atoms with Crippen LogP contribution in [0.4, 0.5) is 5.69 Å². The summed E-state index contributed by atoms with van der Waals surface area (Å²) in [4.78, 5) is 35.6. The number of carbonyl (C=O) groups excluding carboxylic acids is 2. The summed E-state index contributed by atoms with van der Waals surface area (Å²) in [7, 11) is 1.81. The third kappa shape index (κ3) is 6.85. The molecule has 0 unspecified atom stereocenters. The topological polar surface area (TPSA) is 143 Å². The Hall–Kier alpha value is -3.27. The molecule has 0 heterocycles. The molecular weight excluding hydrogens is 455 g/mol. The molecule has 0 aliphatic carbocycles. The zero-order valence-electron chi connectivity index (χ0n) is 18.6. The van der Waals surface area contributed by atoms with E-state index in [1.165, 1.54) is 52.7 Å². The van der Waals surface area contributed by atoms with E-state index in [2.05, 4.69) is 5.32 Å². The molecule has 0 spiro atoms. The number of hydrogen-bond acceptors (Lipinski definition) is 9. The summed E-state index contributed by atoms with van der Waals surface area (Å²) in [5.41, 5.74) is 1.06. The number of amides is 1. The van der Waals surface area contributed by atoms with Crippen LogP contribution in [0.15, 0.2) is 42.5 Å². The molecule has 11 nitrogen and oxygen atoms in total. The van der Waals surface area contributed by atoms with Crippen LogP contribution in [0, 0.1) is 10.1 Å². The summed E-state index contributed by atoms with van der Waals surface area (Å²) >= 11 is 0. The summed E-state index contributed by atoms with van der Waals surface area (Å²) in [6, 6.07) is 9.38. The highest BCUT2D eigenvalue weighted by Crippen LogP contribution is 2.49. The average molecular weight is 480 g/mol. The number of nitro benzene ring substituents is 1. The van der Waals surface area contributed by atoms with Gasteiger partial charge < -0.3 is 23.8 Å². The SMILES string of the molecule is COC(=O)[C@@H](Cc1ccc(OC)c([N+](=O)[O-])c1)NC(=O)c1ccc(CP(=O)(OC)OC)cc1. The van der Waals surface area contributed by atoms with Gasteiger partial charge >= 0.3 is 19.3 Å². The van der Waals surface area contributed by atoms with Crippen LogP contribution in [-0.4, -0.2) is 51.3 Å². The van der Waals surface area contributed by atoms with Gasteiger partial charge in [-0.1, -0.05) is 18.2 Å². The van der Waals surface area contributed by atoms with Crippen LogP contribution < -0.4 is 10.1 Å². The van der Waals surface area contributed by atoms with Gasteiger partial charge in [0.2, 0.25) is 0 Å². The van der Waals surface area contributed by atoms with E-state index in [9.17, 15) is 24.3 Å². The highest BCUT2D eigenvalue weighted by molar-refractivity contribution is 7.52. The van der Waals surface area contributed by atoms with Crippen molar-refractivity contribution in [1.82, 2.24) is 5.32 Å². The molecule has 0 saturated heterocycles. The standard InChI is InChI=1S/C21H25N2O9P/c1-29-19-10-7-15(12-18(19)23(26)27)11-17(21(25)30-2)22-20(24)16-8-5-14(6-9-16)13-33(28,31-3)32-4/h5-10,12,17H,11,13H2,1-4H3,(H,22,24)/t17-/m1/s1. The zero-order valence-corrected chi connectivity index (χ0v) is 19.5. The van der Waals surface area contributed by atoms with Crippen LogP contribution in [0.5, 0.6) is 5.75 Å². The minimum absolute atomic E-state index is 0.0307. The Labute approximate surface area is 190 Å². The molecule has 2 aromatic rings. The number of nitro groups is 1. The molecule has 2 aromatic carbocycles. The van der Waals surface area contributed by atoms with Crippen LogP contribution in [0.1, 0.15) is 21.5 Å².